The Labute approximate surface area is 106 Å². The summed E-state index contributed by atoms with van der Waals surface area (Å²) in [5, 5.41) is 17.3. The molecule has 0 fully saturated rings. The van der Waals surface area contributed by atoms with Crippen molar-refractivity contribution in [3.05, 3.63) is 41.5 Å². The fourth-order valence-electron chi connectivity index (χ4n) is 1.42. The van der Waals surface area contributed by atoms with Crippen LogP contribution in [0, 0.1) is 11.3 Å². The van der Waals surface area contributed by atoms with Crippen LogP contribution in [0.15, 0.2) is 35.9 Å². The highest BCUT2D eigenvalue weighted by Gasteiger charge is 2.03. The summed E-state index contributed by atoms with van der Waals surface area (Å²) in [6, 6.07) is 9.25. The van der Waals surface area contributed by atoms with E-state index in [0.717, 1.165) is 5.56 Å². The van der Waals surface area contributed by atoms with Crippen LogP contribution in [0.3, 0.4) is 0 Å². The number of rotatable bonds is 6. The molecule has 0 heterocycles. The lowest BCUT2D eigenvalue weighted by molar-refractivity contribution is -0.132. The normalized spacial score (nSPS) is 10.8. The predicted octanol–water partition coefficient (Wildman–Crippen LogP) is 2.55. The minimum Gasteiger partial charge on any atom is -0.490 e. The molecule has 0 saturated carbocycles. The summed E-state index contributed by atoms with van der Waals surface area (Å²) in [5.74, 6) is -0.251. The highest BCUT2D eigenvalue weighted by Crippen LogP contribution is 2.12. The number of benzene rings is 1. The van der Waals surface area contributed by atoms with E-state index in [1.54, 1.807) is 25.1 Å². The smallest absolute Gasteiger partial charge is 0.331 e. The quantitative estimate of drug-likeness (QED) is 0.782. The molecule has 18 heavy (non-hydrogen) atoms. The zero-order valence-electron chi connectivity index (χ0n) is 10.2. The van der Waals surface area contributed by atoms with E-state index in [9.17, 15) is 4.79 Å². The first-order valence-corrected chi connectivity index (χ1v) is 5.68. The van der Waals surface area contributed by atoms with Crippen LogP contribution in [-0.2, 0) is 11.2 Å². The summed E-state index contributed by atoms with van der Waals surface area (Å²) in [6.07, 6.45) is 2.41. The number of aliphatic carboxylic acids is 1. The van der Waals surface area contributed by atoms with Gasteiger partial charge in [0.05, 0.1) is 12.5 Å². The average Bonchev–Trinajstić information content (AvgIpc) is 2.36. The van der Waals surface area contributed by atoms with Gasteiger partial charge < -0.3 is 9.84 Å². The Morgan fingerprint density at radius 2 is 2.11 bits per heavy atom. The van der Waals surface area contributed by atoms with Crippen molar-refractivity contribution in [1.29, 1.82) is 5.26 Å². The number of hydrogen-bond acceptors (Lipinski definition) is 3. The van der Waals surface area contributed by atoms with Crippen molar-refractivity contribution in [2.24, 2.45) is 0 Å². The lowest BCUT2D eigenvalue weighted by Crippen LogP contribution is -2.02. The Kier molecular flexibility index (Phi) is 5.46. The van der Waals surface area contributed by atoms with E-state index in [2.05, 4.69) is 6.07 Å². The van der Waals surface area contributed by atoms with E-state index < -0.39 is 5.97 Å². The highest BCUT2D eigenvalue weighted by atomic mass is 16.5. The van der Waals surface area contributed by atoms with Gasteiger partial charge in [0, 0.05) is 5.57 Å². The molecule has 0 unspecified atom stereocenters. The maximum absolute atomic E-state index is 10.7. The molecule has 0 bridgehead atoms. The van der Waals surface area contributed by atoms with E-state index in [1.807, 2.05) is 12.1 Å². The Balaban J connectivity index is 2.54. The largest absolute Gasteiger partial charge is 0.490 e. The molecule has 0 aromatic heterocycles. The summed E-state index contributed by atoms with van der Waals surface area (Å²) in [7, 11) is 0. The number of nitrogens with zero attached hydrogens (tertiary/aromatic N) is 1. The van der Waals surface area contributed by atoms with Gasteiger partial charge in [-0.15, -0.1) is 0 Å². The Hall–Kier alpha value is -2.28. The number of carbonyl (C=O) groups is 1. The molecule has 4 nitrogen and oxygen atoms in total. The van der Waals surface area contributed by atoms with Crippen molar-refractivity contribution in [2.45, 2.75) is 19.8 Å². The summed E-state index contributed by atoms with van der Waals surface area (Å²) in [6.45, 7) is 2.02. The van der Waals surface area contributed by atoms with Crippen LogP contribution in [0.2, 0.25) is 0 Å². The summed E-state index contributed by atoms with van der Waals surface area (Å²) in [4.78, 5) is 10.7. The zero-order chi connectivity index (χ0) is 13.4. The molecule has 0 spiro atoms. The maximum atomic E-state index is 10.7. The van der Waals surface area contributed by atoms with Gasteiger partial charge in [-0.2, -0.15) is 5.26 Å². The number of ether oxygens (including phenoxy) is 1. The summed E-state index contributed by atoms with van der Waals surface area (Å²) >= 11 is 0. The molecule has 1 aromatic rings. The molecule has 0 aliphatic heterocycles. The van der Waals surface area contributed by atoms with E-state index in [0.29, 0.717) is 24.2 Å². The molecule has 0 aliphatic rings. The van der Waals surface area contributed by atoms with Crippen LogP contribution in [0.4, 0.5) is 0 Å². The molecule has 0 atom stereocenters. The predicted molar refractivity (Wildman–Crippen MR) is 67.3 cm³/mol. The molecule has 1 N–H and O–H groups in total. The third kappa shape index (κ3) is 4.30. The maximum Gasteiger partial charge on any atom is 0.331 e. The van der Waals surface area contributed by atoms with Gasteiger partial charge in [0.15, 0.2) is 0 Å². The van der Waals surface area contributed by atoms with Crippen LogP contribution < -0.4 is 4.74 Å². The second kappa shape index (κ2) is 7.13. The van der Waals surface area contributed by atoms with Crippen molar-refractivity contribution in [3.8, 4) is 11.8 Å². The van der Waals surface area contributed by atoms with Gasteiger partial charge in [-0.1, -0.05) is 19.1 Å². The summed E-state index contributed by atoms with van der Waals surface area (Å²) in [5.41, 5.74) is 1.27. The molecule has 94 valence electrons. The van der Waals surface area contributed by atoms with Crippen molar-refractivity contribution in [3.63, 3.8) is 0 Å². The van der Waals surface area contributed by atoms with Crippen LogP contribution >= 0.6 is 0 Å². The van der Waals surface area contributed by atoms with E-state index in [-0.39, 0.29) is 6.61 Å². The minimum absolute atomic E-state index is 0.229. The van der Waals surface area contributed by atoms with Crippen LogP contribution in [-0.4, -0.2) is 17.7 Å². The van der Waals surface area contributed by atoms with Crippen molar-refractivity contribution in [2.75, 3.05) is 6.61 Å². The number of hydrogen-bond donors (Lipinski definition) is 1. The Bertz CT molecular complexity index is 469. The topological polar surface area (TPSA) is 70.3 Å². The van der Waals surface area contributed by atoms with Gasteiger partial charge in [0.25, 0.3) is 0 Å². The number of nitriles is 1. The fraction of sp³-hybridized carbons (Fsp3) is 0.286. The molecule has 0 aliphatic carbocycles. The van der Waals surface area contributed by atoms with Gasteiger partial charge in [-0.05, 0) is 30.2 Å². The molecule has 0 saturated heterocycles. The highest BCUT2D eigenvalue weighted by molar-refractivity contribution is 5.86. The molecule has 4 heteroatoms. The zero-order valence-corrected chi connectivity index (χ0v) is 10.2. The third-order valence-corrected chi connectivity index (χ3v) is 2.44. The molecule has 1 aromatic carbocycles. The molecule has 0 radical (unpaired) electrons. The lowest BCUT2D eigenvalue weighted by atomic mass is 10.2. The third-order valence-electron chi connectivity index (χ3n) is 2.44. The Morgan fingerprint density at radius 1 is 1.44 bits per heavy atom. The van der Waals surface area contributed by atoms with Gasteiger partial charge >= 0.3 is 5.97 Å². The van der Waals surface area contributed by atoms with Gasteiger partial charge in [-0.25, -0.2) is 4.79 Å². The summed E-state index contributed by atoms with van der Waals surface area (Å²) < 4.78 is 5.40. The second-order valence-corrected chi connectivity index (χ2v) is 3.68. The fourth-order valence-corrected chi connectivity index (χ4v) is 1.42. The van der Waals surface area contributed by atoms with Gasteiger partial charge in [0.2, 0.25) is 0 Å². The molecular formula is C14H15NO3. The van der Waals surface area contributed by atoms with Gasteiger partial charge in [-0.3, -0.25) is 0 Å². The first kappa shape index (κ1) is 13.8. The minimum atomic E-state index is -0.912. The molecule has 0 amide bonds. The van der Waals surface area contributed by atoms with E-state index >= 15 is 0 Å². The SMILES string of the molecule is CCC(=CCOc1ccc(CC#N)cc1)C(=O)O. The Morgan fingerprint density at radius 3 is 2.61 bits per heavy atom. The lowest BCUT2D eigenvalue weighted by Gasteiger charge is -2.04. The van der Waals surface area contributed by atoms with Crippen molar-refractivity contribution in [1.82, 2.24) is 0 Å². The molecule has 1 rings (SSSR count). The van der Waals surface area contributed by atoms with Crippen molar-refractivity contribution < 1.29 is 14.6 Å². The monoisotopic (exact) mass is 245 g/mol. The van der Waals surface area contributed by atoms with E-state index in [1.165, 1.54) is 0 Å². The number of carboxylic acid groups (broad SMARTS) is 1. The first-order valence-electron chi connectivity index (χ1n) is 5.68. The number of carboxylic acids is 1. The average molecular weight is 245 g/mol. The first-order chi connectivity index (χ1) is 8.67. The van der Waals surface area contributed by atoms with Crippen LogP contribution in [0.5, 0.6) is 5.75 Å². The van der Waals surface area contributed by atoms with Gasteiger partial charge in [0.1, 0.15) is 12.4 Å². The molecular weight excluding hydrogens is 230 g/mol. The van der Waals surface area contributed by atoms with Crippen molar-refractivity contribution >= 4 is 5.97 Å². The van der Waals surface area contributed by atoms with E-state index in [4.69, 9.17) is 15.1 Å². The standard InChI is InChI=1S/C14H15NO3/c1-2-12(14(16)17)8-10-18-13-5-3-11(4-6-13)7-9-15/h3-6,8H,2,7,10H2,1H3,(H,16,17). The van der Waals surface area contributed by atoms with Crippen LogP contribution in [0.25, 0.3) is 0 Å². The van der Waals surface area contributed by atoms with Crippen LogP contribution in [0.1, 0.15) is 18.9 Å². The second-order valence-electron chi connectivity index (χ2n) is 3.68.